The SMILES string of the molecule is CC(C)C(NC(=O)C(CCC(=O)O)NC(=O)C(N)Cc1c[nH]c2ccccc12)C(=O)NC(CCC(=O)O)C(=O)O. The lowest BCUT2D eigenvalue weighted by molar-refractivity contribution is -0.143. The first-order valence-corrected chi connectivity index (χ1v) is 12.7. The van der Waals surface area contributed by atoms with Gasteiger partial charge in [-0.3, -0.25) is 24.0 Å². The van der Waals surface area contributed by atoms with Gasteiger partial charge in [-0.05, 0) is 36.8 Å². The summed E-state index contributed by atoms with van der Waals surface area (Å²) < 4.78 is 0. The predicted molar refractivity (Wildman–Crippen MR) is 142 cm³/mol. The van der Waals surface area contributed by atoms with Crippen LogP contribution >= 0.6 is 0 Å². The van der Waals surface area contributed by atoms with Gasteiger partial charge in [0.1, 0.15) is 18.1 Å². The summed E-state index contributed by atoms with van der Waals surface area (Å²) in [6.45, 7) is 3.17. The summed E-state index contributed by atoms with van der Waals surface area (Å²) >= 11 is 0. The second-order valence-corrected chi connectivity index (χ2v) is 9.73. The summed E-state index contributed by atoms with van der Waals surface area (Å²) in [4.78, 5) is 75.4. The van der Waals surface area contributed by atoms with Gasteiger partial charge in [0.2, 0.25) is 17.7 Å². The first-order chi connectivity index (χ1) is 18.8. The fourth-order valence-corrected chi connectivity index (χ4v) is 4.02. The molecule has 14 heteroatoms. The lowest BCUT2D eigenvalue weighted by atomic mass is 10.0. The molecule has 0 aliphatic carbocycles. The first-order valence-electron chi connectivity index (χ1n) is 12.7. The maximum absolute atomic E-state index is 13.1. The van der Waals surface area contributed by atoms with Crippen LogP contribution in [0.5, 0.6) is 0 Å². The molecule has 40 heavy (non-hydrogen) atoms. The summed E-state index contributed by atoms with van der Waals surface area (Å²) in [7, 11) is 0. The molecule has 0 fully saturated rings. The number of amides is 3. The zero-order chi connectivity index (χ0) is 30.0. The third-order valence-corrected chi connectivity index (χ3v) is 6.24. The summed E-state index contributed by atoms with van der Waals surface area (Å²) in [5.74, 6) is -6.89. The number of carbonyl (C=O) groups is 6. The van der Waals surface area contributed by atoms with Crippen LogP contribution < -0.4 is 21.7 Å². The van der Waals surface area contributed by atoms with E-state index < -0.39 is 78.6 Å². The number of aliphatic carboxylic acids is 3. The average molecular weight is 562 g/mol. The highest BCUT2D eigenvalue weighted by atomic mass is 16.4. The van der Waals surface area contributed by atoms with Gasteiger partial charge in [-0.15, -0.1) is 0 Å². The molecule has 4 unspecified atom stereocenters. The molecule has 1 aromatic heterocycles. The topological polar surface area (TPSA) is 241 Å². The number of carbonyl (C=O) groups excluding carboxylic acids is 3. The molecule has 0 saturated heterocycles. The Morgan fingerprint density at radius 3 is 1.98 bits per heavy atom. The molecule has 3 amide bonds. The van der Waals surface area contributed by atoms with Crippen LogP contribution in [-0.4, -0.2) is 80.1 Å². The maximum Gasteiger partial charge on any atom is 0.326 e. The summed E-state index contributed by atoms with van der Waals surface area (Å²) in [6.07, 6.45) is 0.214. The number of hydrogen-bond acceptors (Lipinski definition) is 7. The van der Waals surface area contributed by atoms with Crippen molar-refractivity contribution in [3.63, 3.8) is 0 Å². The van der Waals surface area contributed by atoms with Gasteiger partial charge in [0.15, 0.2) is 0 Å². The number of hydrogen-bond donors (Lipinski definition) is 8. The standard InChI is InChI=1S/C26H35N5O9/c1-13(2)22(25(38)30-19(26(39)40)8-10-21(34)35)31-24(37)18(7-9-20(32)33)29-23(36)16(27)11-14-12-28-17-6-4-3-5-15(14)17/h3-6,12-13,16,18-19,22,28H,7-11,27H2,1-2H3,(H,29,36)(H,30,38)(H,31,37)(H,32,33)(H,34,35)(H,39,40). The second kappa shape index (κ2) is 14.6. The van der Waals surface area contributed by atoms with Crippen molar-refractivity contribution in [2.45, 2.75) is 70.1 Å². The van der Waals surface area contributed by atoms with E-state index in [0.717, 1.165) is 16.5 Å². The highest BCUT2D eigenvalue weighted by Crippen LogP contribution is 2.19. The minimum absolute atomic E-state index is 0.132. The van der Waals surface area contributed by atoms with Gasteiger partial charge in [-0.25, -0.2) is 4.79 Å². The Kier molecular flexibility index (Phi) is 11.6. The van der Waals surface area contributed by atoms with Gasteiger partial charge in [-0.2, -0.15) is 0 Å². The van der Waals surface area contributed by atoms with Crippen molar-refractivity contribution in [1.82, 2.24) is 20.9 Å². The number of nitrogens with two attached hydrogens (primary N) is 1. The lowest BCUT2D eigenvalue weighted by Crippen LogP contribution is -2.58. The number of fused-ring (bicyclic) bond motifs is 1. The van der Waals surface area contributed by atoms with E-state index in [4.69, 9.17) is 15.9 Å². The van der Waals surface area contributed by atoms with Gasteiger partial charge in [0.25, 0.3) is 0 Å². The van der Waals surface area contributed by atoms with Crippen LogP contribution in [0.3, 0.4) is 0 Å². The van der Waals surface area contributed by atoms with Crippen molar-refractivity contribution >= 4 is 46.5 Å². The van der Waals surface area contributed by atoms with Crippen molar-refractivity contribution < 1.29 is 44.1 Å². The molecule has 218 valence electrons. The van der Waals surface area contributed by atoms with Crippen molar-refractivity contribution in [3.05, 3.63) is 36.0 Å². The van der Waals surface area contributed by atoms with Crippen molar-refractivity contribution in [3.8, 4) is 0 Å². The molecule has 4 atom stereocenters. The smallest absolute Gasteiger partial charge is 0.326 e. The number of benzene rings is 1. The molecule has 14 nitrogen and oxygen atoms in total. The summed E-state index contributed by atoms with van der Waals surface area (Å²) in [6, 6.07) is 2.22. The van der Waals surface area contributed by atoms with E-state index in [2.05, 4.69) is 20.9 Å². The van der Waals surface area contributed by atoms with Crippen molar-refractivity contribution in [2.75, 3.05) is 0 Å². The Bertz CT molecular complexity index is 1240. The quantitative estimate of drug-likeness (QED) is 0.136. The number of rotatable bonds is 16. The van der Waals surface area contributed by atoms with Crippen LogP contribution in [0, 0.1) is 5.92 Å². The lowest BCUT2D eigenvalue weighted by Gasteiger charge is -2.27. The zero-order valence-electron chi connectivity index (χ0n) is 22.2. The van der Waals surface area contributed by atoms with E-state index >= 15 is 0 Å². The molecule has 2 rings (SSSR count). The van der Waals surface area contributed by atoms with E-state index in [1.165, 1.54) is 0 Å². The molecule has 0 spiro atoms. The third-order valence-electron chi connectivity index (χ3n) is 6.24. The van der Waals surface area contributed by atoms with Gasteiger partial charge >= 0.3 is 17.9 Å². The van der Waals surface area contributed by atoms with Crippen LogP contribution in [0.1, 0.15) is 45.1 Å². The monoisotopic (exact) mass is 561 g/mol. The number of aromatic nitrogens is 1. The first kappa shape index (κ1) is 31.8. The molecular weight excluding hydrogens is 526 g/mol. The van der Waals surface area contributed by atoms with Crippen LogP contribution in [-0.2, 0) is 35.2 Å². The van der Waals surface area contributed by atoms with E-state index in [9.17, 15) is 33.9 Å². The molecule has 0 aliphatic heterocycles. The van der Waals surface area contributed by atoms with Gasteiger partial charge in [-0.1, -0.05) is 32.0 Å². The number of carboxylic acids is 3. The molecule has 0 radical (unpaired) electrons. The van der Waals surface area contributed by atoms with Gasteiger partial charge < -0.3 is 42.0 Å². The van der Waals surface area contributed by atoms with Gasteiger partial charge in [0, 0.05) is 29.9 Å². The number of nitrogens with one attached hydrogen (secondary N) is 4. The Labute approximate surface area is 229 Å². The second-order valence-electron chi connectivity index (χ2n) is 9.73. The molecule has 0 saturated carbocycles. The van der Waals surface area contributed by atoms with Crippen LogP contribution in [0.2, 0.25) is 0 Å². The molecule has 1 aromatic carbocycles. The number of aromatic amines is 1. The molecule has 2 aromatic rings. The van der Waals surface area contributed by atoms with Crippen molar-refractivity contribution in [1.29, 1.82) is 0 Å². The summed E-state index contributed by atoms with van der Waals surface area (Å²) in [5.41, 5.74) is 7.73. The van der Waals surface area contributed by atoms with Crippen molar-refractivity contribution in [2.24, 2.45) is 11.7 Å². The highest BCUT2D eigenvalue weighted by molar-refractivity contribution is 5.94. The Morgan fingerprint density at radius 1 is 0.825 bits per heavy atom. The third kappa shape index (κ3) is 9.38. The van der Waals surface area contributed by atoms with E-state index in [0.29, 0.717) is 0 Å². The predicted octanol–water partition coefficient (Wildman–Crippen LogP) is -0.0377. The van der Waals surface area contributed by atoms with E-state index in [1.807, 2.05) is 24.3 Å². The zero-order valence-corrected chi connectivity index (χ0v) is 22.2. The molecule has 0 bridgehead atoms. The Hall–Kier alpha value is -4.46. The van der Waals surface area contributed by atoms with Crippen LogP contribution in [0.25, 0.3) is 10.9 Å². The number of H-pyrrole nitrogens is 1. The fraction of sp³-hybridized carbons (Fsp3) is 0.462. The Morgan fingerprint density at radius 2 is 1.40 bits per heavy atom. The Balaban J connectivity index is 2.13. The molecular formula is C26H35N5O9. The van der Waals surface area contributed by atoms with Gasteiger partial charge in [0.05, 0.1) is 6.04 Å². The minimum atomic E-state index is -1.51. The van der Waals surface area contributed by atoms with Crippen LogP contribution in [0.15, 0.2) is 30.5 Å². The normalized spacial score (nSPS) is 14.1. The molecule has 1 heterocycles. The minimum Gasteiger partial charge on any atom is -0.481 e. The number of carboxylic acid groups (broad SMARTS) is 3. The van der Waals surface area contributed by atoms with E-state index in [1.54, 1.807) is 20.0 Å². The molecule has 0 aliphatic rings. The van der Waals surface area contributed by atoms with E-state index in [-0.39, 0.29) is 19.3 Å². The molecule has 9 N–H and O–H groups in total. The number of para-hydroxylation sites is 1. The van der Waals surface area contributed by atoms with Crippen LogP contribution in [0.4, 0.5) is 0 Å². The summed E-state index contributed by atoms with van der Waals surface area (Å²) in [5, 5.41) is 35.3. The highest BCUT2D eigenvalue weighted by Gasteiger charge is 2.32. The average Bonchev–Trinajstić information content (AvgIpc) is 3.29. The maximum atomic E-state index is 13.1. The largest absolute Gasteiger partial charge is 0.481 e. The fourth-order valence-electron chi connectivity index (χ4n) is 4.02.